The van der Waals surface area contributed by atoms with Gasteiger partial charge in [0.15, 0.2) is 0 Å². The Morgan fingerprint density at radius 2 is 1.44 bits per heavy atom. The van der Waals surface area contributed by atoms with E-state index in [1.54, 1.807) is 19.2 Å². The fourth-order valence-electron chi connectivity index (χ4n) is 6.30. The van der Waals surface area contributed by atoms with E-state index in [1.807, 2.05) is 50.2 Å². The summed E-state index contributed by atoms with van der Waals surface area (Å²) in [6.07, 6.45) is 6.39. The molecule has 6 nitrogen and oxygen atoms in total. The summed E-state index contributed by atoms with van der Waals surface area (Å²) in [5.74, 6) is 0.269. The number of amides is 1. The minimum absolute atomic E-state index is 0.0617. The van der Waals surface area contributed by atoms with Crippen LogP contribution in [0.15, 0.2) is 102 Å². The first-order valence-electron chi connectivity index (χ1n) is 15.9. The number of nitrogens with one attached hydrogen (secondary N) is 1. The number of anilines is 1. The summed E-state index contributed by atoms with van der Waals surface area (Å²) in [5, 5.41) is 3.32. The lowest BCUT2D eigenvalue weighted by molar-refractivity contribution is -0.123. The highest BCUT2D eigenvalue weighted by Crippen LogP contribution is 2.37. The second-order valence-electron chi connectivity index (χ2n) is 12.0. The van der Waals surface area contributed by atoms with Crippen LogP contribution in [0, 0.1) is 13.8 Å². The number of hydrogen-bond donors (Lipinski definition) is 1. The quantitative estimate of drug-likeness (QED) is 0.169. The van der Waals surface area contributed by atoms with Gasteiger partial charge < -0.3 is 10.1 Å². The van der Waals surface area contributed by atoms with Crippen molar-refractivity contribution < 1.29 is 17.9 Å². The van der Waals surface area contributed by atoms with Gasteiger partial charge in [0.25, 0.3) is 10.0 Å². The Balaban J connectivity index is 1.40. The van der Waals surface area contributed by atoms with Crippen LogP contribution >= 0.6 is 0 Å². The number of carbonyl (C=O) groups excluding carboxylic acids is 1. The second kappa shape index (κ2) is 14.8. The van der Waals surface area contributed by atoms with Gasteiger partial charge in [-0.1, -0.05) is 78.9 Å². The molecule has 1 N–H and O–H groups in total. The fraction of sp³-hybridized carbons (Fsp3) is 0.342. The maximum Gasteiger partial charge on any atom is 0.265 e. The molecule has 4 aromatic rings. The number of sulfonamides is 1. The van der Waals surface area contributed by atoms with E-state index in [-0.39, 0.29) is 16.8 Å². The van der Waals surface area contributed by atoms with Crippen molar-refractivity contribution in [3.05, 3.63) is 125 Å². The van der Waals surface area contributed by atoms with Gasteiger partial charge in [-0.3, -0.25) is 9.10 Å². The first kappa shape index (κ1) is 32.3. The highest BCUT2D eigenvalue weighted by Gasteiger charge is 2.40. The lowest BCUT2D eigenvalue weighted by atomic mass is 9.96. The minimum atomic E-state index is -4.09. The van der Waals surface area contributed by atoms with Crippen LogP contribution in [0.3, 0.4) is 0 Å². The number of benzene rings is 4. The molecule has 1 unspecified atom stereocenters. The molecule has 0 aliphatic carbocycles. The van der Waals surface area contributed by atoms with Gasteiger partial charge in [-0.2, -0.15) is 0 Å². The third kappa shape index (κ3) is 7.77. The first-order chi connectivity index (χ1) is 21.8. The fourth-order valence-corrected chi connectivity index (χ4v) is 8.08. The van der Waals surface area contributed by atoms with Crippen molar-refractivity contribution in [3.8, 4) is 5.75 Å². The number of para-hydroxylation sites is 1. The maximum atomic E-state index is 14.4. The molecule has 0 saturated carbocycles. The molecule has 7 heteroatoms. The summed E-state index contributed by atoms with van der Waals surface area (Å²) < 4.78 is 35.7. The van der Waals surface area contributed by atoms with Crippen LogP contribution in [-0.4, -0.2) is 33.5 Å². The summed E-state index contributed by atoms with van der Waals surface area (Å²) in [5.41, 5.74) is 5.73. The van der Waals surface area contributed by atoms with Crippen LogP contribution in [0.2, 0.25) is 0 Å². The molecule has 0 saturated heterocycles. The highest BCUT2D eigenvalue weighted by atomic mass is 32.2. The number of nitrogens with zero attached hydrogens (tertiary/aromatic N) is 1. The van der Waals surface area contributed by atoms with Gasteiger partial charge in [-0.15, -0.1) is 0 Å². The van der Waals surface area contributed by atoms with Crippen LogP contribution in [0.25, 0.3) is 0 Å². The average Bonchev–Trinajstić information content (AvgIpc) is 3.06. The van der Waals surface area contributed by atoms with E-state index >= 15 is 0 Å². The zero-order chi connectivity index (χ0) is 31.8. The molecule has 0 bridgehead atoms. The number of hydrogen-bond acceptors (Lipinski definition) is 4. The highest BCUT2D eigenvalue weighted by molar-refractivity contribution is 7.93. The summed E-state index contributed by atoms with van der Waals surface area (Å²) in [6, 6.07) is 30.6. The third-order valence-corrected chi connectivity index (χ3v) is 10.7. The van der Waals surface area contributed by atoms with Crippen molar-refractivity contribution in [1.29, 1.82) is 0 Å². The Morgan fingerprint density at radius 1 is 0.867 bits per heavy atom. The number of aryl methyl sites for hydroxylation is 4. The Labute approximate surface area is 268 Å². The van der Waals surface area contributed by atoms with Gasteiger partial charge in [0.05, 0.1) is 17.7 Å². The zero-order valence-corrected chi connectivity index (χ0v) is 27.4. The van der Waals surface area contributed by atoms with E-state index in [4.69, 9.17) is 4.74 Å². The van der Waals surface area contributed by atoms with Crippen molar-refractivity contribution in [3.63, 3.8) is 0 Å². The number of rotatable bonds is 13. The van der Waals surface area contributed by atoms with Crippen molar-refractivity contribution in [2.24, 2.45) is 0 Å². The number of ether oxygens (including phenoxy) is 1. The predicted octanol–water partition coefficient (Wildman–Crippen LogP) is 7.35. The van der Waals surface area contributed by atoms with E-state index in [0.29, 0.717) is 24.3 Å². The molecule has 1 aliphatic heterocycles. The largest absolute Gasteiger partial charge is 0.496 e. The minimum Gasteiger partial charge on any atom is -0.496 e. The summed E-state index contributed by atoms with van der Waals surface area (Å²) in [6.45, 7) is 3.79. The Hall–Kier alpha value is -4.10. The molecule has 0 fully saturated rings. The SMILES string of the molecule is COc1cc(S(=O)(=O)N2c3ccccc3CCC2C(=O)NC(CCCc2ccccc2)CCCc2ccccc2)cc(C)c1C. The molecular formula is C38H44N2O4S. The lowest BCUT2D eigenvalue weighted by Crippen LogP contribution is -2.54. The molecule has 0 radical (unpaired) electrons. The first-order valence-corrected chi connectivity index (χ1v) is 17.4. The van der Waals surface area contributed by atoms with Crippen LogP contribution in [0.4, 0.5) is 5.69 Å². The Kier molecular flexibility index (Phi) is 10.6. The summed E-state index contributed by atoms with van der Waals surface area (Å²) >= 11 is 0. The monoisotopic (exact) mass is 624 g/mol. The van der Waals surface area contributed by atoms with Crippen LogP contribution in [0.5, 0.6) is 5.75 Å². The summed E-state index contributed by atoms with van der Waals surface area (Å²) in [4.78, 5) is 14.3. The van der Waals surface area contributed by atoms with Crippen LogP contribution in [0.1, 0.15) is 59.9 Å². The second-order valence-corrected chi connectivity index (χ2v) is 13.8. The van der Waals surface area contributed by atoms with Gasteiger partial charge >= 0.3 is 0 Å². The van der Waals surface area contributed by atoms with Crippen molar-refractivity contribution in [2.75, 3.05) is 11.4 Å². The van der Waals surface area contributed by atoms with Gasteiger partial charge in [-0.25, -0.2) is 8.42 Å². The lowest BCUT2D eigenvalue weighted by Gasteiger charge is -2.37. The van der Waals surface area contributed by atoms with Gasteiger partial charge in [0.2, 0.25) is 5.91 Å². The van der Waals surface area contributed by atoms with E-state index in [9.17, 15) is 13.2 Å². The van der Waals surface area contributed by atoms with Crippen molar-refractivity contribution in [1.82, 2.24) is 5.32 Å². The number of carbonyl (C=O) groups is 1. The zero-order valence-electron chi connectivity index (χ0n) is 26.5. The Bertz CT molecular complexity index is 1640. The molecule has 236 valence electrons. The van der Waals surface area contributed by atoms with E-state index < -0.39 is 16.1 Å². The molecular weight excluding hydrogens is 580 g/mol. The predicted molar refractivity (Wildman–Crippen MR) is 181 cm³/mol. The number of fused-ring (bicyclic) bond motifs is 1. The Morgan fingerprint density at radius 3 is 2.04 bits per heavy atom. The van der Waals surface area contributed by atoms with Crippen LogP contribution < -0.4 is 14.4 Å². The topological polar surface area (TPSA) is 75.7 Å². The van der Waals surface area contributed by atoms with Gasteiger partial charge in [-0.05, 0) is 105 Å². The number of methoxy groups -OCH3 is 1. The molecule has 1 aliphatic rings. The molecule has 45 heavy (non-hydrogen) atoms. The van der Waals surface area contributed by atoms with Gasteiger partial charge in [0, 0.05) is 12.1 Å². The summed E-state index contributed by atoms with van der Waals surface area (Å²) in [7, 11) is -2.55. The van der Waals surface area contributed by atoms with Crippen molar-refractivity contribution >= 4 is 21.6 Å². The average molecular weight is 625 g/mol. The molecule has 1 heterocycles. The molecule has 1 amide bonds. The van der Waals surface area contributed by atoms with Crippen LogP contribution in [-0.2, 0) is 34.1 Å². The normalized spacial score (nSPS) is 14.7. The standard InChI is InChI=1S/C38H44N2O4S/c1-28-26-34(27-37(44-3)29(28)2)45(42,43)40-35-23-11-10-20-32(35)24-25-36(40)38(41)39-33(21-12-18-30-14-6-4-7-15-30)22-13-19-31-16-8-5-9-17-31/h4-11,14-17,20,23,26-27,33,36H,12-13,18-19,21-22,24-25H2,1-3H3,(H,39,41). The van der Waals surface area contributed by atoms with Crippen molar-refractivity contribution in [2.45, 2.75) is 82.2 Å². The molecule has 1 atom stereocenters. The van der Waals surface area contributed by atoms with E-state index in [2.05, 4.69) is 53.8 Å². The maximum absolute atomic E-state index is 14.4. The van der Waals surface area contributed by atoms with Gasteiger partial charge in [0.1, 0.15) is 11.8 Å². The van der Waals surface area contributed by atoms with E-state index in [0.717, 1.165) is 55.2 Å². The molecule has 4 aromatic carbocycles. The smallest absolute Gasteiger partial charge is 0.265 e. The molecule has 0 aromatic heterocycles. The molecule has 0 spiro atoms. The third-order valence-electron chi connectivity index (χ3n) is 8.94. The van der Waals surface area contributed by atoms with E-state index in [1.165, 1.54) is 15.4 Å². The molecule has 5 rings (SSSR count).